The van der Waals surface area contributed by atoms with Gasteiger partial charge in [-0.2, -0.15) is 0 Å². The zero-order valence-electron chi connectivity index (χ0n) is 18.8. The molecule has 4 aliphatic carbocycles. The van der Waals surface area contributed by atoms with Crippen molar-refractivity contribution >= 4 is 0 Å². The largest absolute Gasteiger partial charge is 0.393 e. The van der Waals surface area contributed by atoms with Gasteiger partial charge in [-0.05, 0) is 91.6 Å². The Morgan fingerprint density at radius 1 is 1.10 bits per heavy atom. The highest BCUT2D eigenvalue weighted by atomic mass is 16.3. The van der Waals surface area contributed by atoms with E-state index >= 15 is 0 Å². The van der Waals surface area contributed by atoms with Gasteiger partial charge in [0, 0.05) is 6.42 Å². The molecule has 7 atom stereocenters. The fourth-order valence-electron chi connectivity index (χ4n) is 6.63. The molecule has 3 heteroatoms. The van der Waals surface area contributed by atoms with Crippen molar-refractivity contribution in [1.82, 2.24) is 0 Å². The van der Waals surface area contributed by atoms with Crippen LogP contribution in [-0.2, 0) is 0 Å². The molecule has 3 N–H and O–H groups in total. The van der Waals surface area contributed by atoms with E-state index in [-0.39, 0.29) is 6.10 Å². The van der Waals surface area contributed by atoms with E-state index in [1.165, 1.54) is 44.1 Å². The smallest absolute Gasteiger partial charge is 0.0811 e. The number of hydrogen-bond donors (Lipinski definition) is 3. The van der Waals surface area contributed by atoms with Crippen molar-refractivity contribution in [3.63, 3.8) is 0 Å². The number of hydrogen-bond acceptors (Lipinski definition) is 3. The van der Waals surface area contributed by atoms with Crippen LogP contribution in [0.5, 0.6) is 0 Å². The first-order chi connectivity index (χ1) is 14.3. The van der Waals surface area contributed by atoms with Crippen LogP contribution in [0.4, 0.5) is 0 Å². The van der Waals surface area contributed by atoms with Gasteiger partial charge in [-0.3, -0.25) is 0 Å². The van der Waals surface area contributed by atoms with Gasteiger partial charge >= 0.3 is 0 Å². The second-order valence-corrected chi connectivity index (χ2v) is 10.7. The zero-order valence-corrected chi connectivity index (χ0v) is 18.8. The molecule has 0 aliphatic heterocycles. The average Bonchev–Trinajstić information content (AvgIpc) is 3.49. The molecule has 0 saturated heterocycles. The highest BCUT2D eigenvalue weighted by Crippen LogP contribution is 2.59. The van der Waals surface area contributed by atoms with E-state index in [1.54, 1.807) is 0 Å². The van der Waals surface area contributed by atoms with Gasteiger partial charge in [-0.1, -0.05) is 50.3 Å². The molecule has 30 heavy (non-hydrogen) atoms. The van der Waals surface area contributed by atoms with Crippen LogP contribution in [0.25, 0.3) is 0 Å². The SMILES string of the molecule is C=C1/C(=C\C=C2\CCC[C@]3(C)[C@@H]([C@H](C)C=C[C@@H](O)C4CC4)CC[C@@H]23)C[C@@H](O)C[C@@H]1O. The molecule has 4 aliphatic rings. The summed E-state index contributed by atoms with van der Waals surface area (Å²) in [5.41, 5.74) is 3.63. The van der Waals surface area contributed by atoms with Gasteiger partial charge < -0.3 is 15.3 Å². The summed E-state index contributed by atoms with van der Waals surface area (Å²) in [5.74, 6) is 2.28. The van der Waals surface area contributed by atoms with Crippen LogP contribution in [0.1, 0.15) is 71.6 Å². The van der Waals surface area contributed by atoms with Crippen LogP contribution in [0, 0.1) is 29.1 Å². The predicted molar refractivity (Wildman–Crippen MR) is 122 cm³/mol. The van der Waals surface area contributed by atoms with E-state index in [9.17, 15) is 15.3 Å². The lowest BCUT2D eigenvalue weighted by Gasteiger charge is -2.44. The molecule has 0 bridgehead atoms. The van der Waals surface area contributed by atoms with Crippen LogP contribution in [0.15, 0.2) is 47.6 Å². The first-order valence-corrected chi connectivity index (χ1v) is 12.1. The van der Waals surface area contributed by atoms with E-state index in [2.05, 4.69) is 44.7 Å². The van der Waals surface area contributed by atoms with Crippen molar-refractivity contribution in [2.75, 3.05) is 0 Å². The molecule has 0 amide bonds. The minimum atomic E-state index is -0.621. The Morgan fingerprint density at radius 2 is 1.87 bits per heavy atom. The van der Waals surface area contributed by atoms with Crippen molar-refractivity contribution in [3.8, 4) is 0 Å². The maximum Gasteiger partial charge on any atom is 0.0811 e. The molecule has 4 fully saturated rings. The van der Waals surface area contributed by atoms with Crippen LogP contribution in [0.2, 0.25) is 0 Å². The van der Waals surface area contributed by atoms with Gasteiger partial charge in [0.2, 0.25) is 0 Å². The Kier molecular flexibility index (Phi) is 6.44. The molecule has 166 valence electrons. The molecule has 0 aromatic rings. The van der Waals surface area contributed by atoms with E-state index in [4.69, 9.17) is 0 Å². The van der Waals surface area contributed by atoms with Crippen molar-refractivity contribution in [2.45, 2.75) is 89.9 Å². The van der Waals surface area contributed by atoms with Crippen LogP contribution in [0.3, 0.4) is 0 Å². The molecule has 4 rings (SSSR count). The Hall–Kier alpha value is -1.16. The number of rotatable bonds is 5. The van der Waals surface area contributed by atoms with E-state index in [0.717, 1.165) is 17.6 Å². The molecule has 0 aromatic heterocycles. The third kappa shape index (κ3) is 4.40. The molecule has 0 heterocycles. The topological polar surface area (TPSA) is 60.7 Å². The fraction of sp³-hybridized carbons (Fsp3) is 0.704. The van der Waals surface area contributed by atoms with Gasteiger partial charge in [0.15, 0.2) is 0 Å². The molecule has 3 nitrogen and oxygen atoms in total. The van der Waals surface area contributed by atoms with Gasteiger partial charge in [-0.25, -0.2) is 0 Å². The predicted octanol–water partition coefficient (Wildman–Crippen LogP) is 5.09. The summed E-state index contributed by atoms with van der Waals surface area (Å²) < 4.78 is 0. The summed E-state index contributed by atoms with van der Waals surface area (Å²) in [7, 11) is 0. The molecular formula is C27H40O3. The van der Waals surface area contributed by atoms with Crippen molar-refractivity contribution in [3.05, 3.63) is 47.6 Å². The molecule has 4 saturated carbocycles. The summed E-state index contributed by atoms with van der Waals surface area (Å²) >= 11 is 0. The average molecular weight is 413 g/mol. The van der Waals surface area contributed by atoms with Crippen LogP contribution < -0.4 is 0 Å². The summed E-state index contributed by atoms with van der Waals surface area (Å²) in [6.45, 7) is 8.88. The second kappa shape index (κ2) is 8.76. The van der Waals surface area contributed by atoms with E-state index < -0.39 is 12.2 Å². The normalized spacial score (nSPS) is 42.1. The number of aliphatic hydroxyl groups excluding tert-OH is 3. The third-order valence-electron chi connectivity index (χ3n) is 8.65. The van der Waals surface area contributed by atoms with Crippen molar-refractivity contribution < 1.29 is 15.3 Å². The summed E-state index contributed by atoms with van der Waals surface area (Å²) in [6.07, 6.45) is 16.9. The monoisotopic (exact) mass is 412 g/mol. The molecule has 0 radical (unpaired) electrons. The fourth-order valence-corrected chi connectivity index (χ4v) is 6.63. The molecular weight excluding hydrogens is 372 g/mol. The van der Waals surface area contributed by atoms with Crippen LogP contribution in [-0.4, -0.2) is 33.6 Å². The van der Waals surface area contributed by atoms with Gasteiger partial charge in [0.05, 0.1) is 18.3 Å². The van der Waals surface area contributed by atoms with Gasteiger partial charge in [0.25, 0.3) is 0 Å². The lowest BCUT2D eigenvalue weighted by Crippen LogP contribution is -2.35. The van der Waals surface area contributed by atoms with Crippen molar-refractivity contribution in [1.29, 1.82) is 0 Å². The molecule has 0 unspecified atom stereocenters. The van der Waals surface area contributed by atoms with Gasteiger partial charge in [0.1, 0.15) is 0 Å². The first kappa shape index (κ1) is 22.0. The standard InChI is InChI=1S/C27H40O3/c1-17(6-13-25(29)20-8-9-20)23-11-12-24-19(5-4-14-27(23,24)3)7-10-21-15-22(28)16-26(30)18(21)2/h6-7,10,13,17,20,22-26,28-30H,2,4-5,8-9,11-12,14-16H2,1,3H3/b13-6?,19-7-,21-10-/t17-,22-,23-,24+,25-,26+,27-/m1/s1. The highest BCUT2D eigenvalue weighted by Gasteiger charge is 2.50. The quantitative estimate of drug-likeness (QED) is 0.551. The Labute approximate surface area is 182 Å². The third-order valence-corrected chi connectivity index (χ3v) is 8.65. The van der Waals surface area contributed by atoms with E-state index in [0.29, 0.717) is 41.9 Å². The summed E-state index contributed by atoms with van der Waals surface area (Å²) in [4.78, 5) is 0. The highest BCUT2D eigenvalue weighted by molar-refractivity contribution is 5.38. The molecule has 0 aromatic carbocycles. The Bertz CT molecular complexity index is 743. The summed E-state index contributed by atoms with van der Waals surface area (Å²) in [5, 5.41) is 30.4. The minimum Gasteiger partial charge on any atom is -0.393 e. The van der Waals surface area contributed by atoms with Crippen molar-refractivity contribution in [2.24, 2.45) is 29.1 Å². The summed E-state index contributed by atoms with van der Waals surface area (Å²) in [6, 6.07) is 0. The number of fused-ring (bicyclic) bond motifs is 1. The number of allylic oxidation sites excluding steroid dienone is 4. The van der Waals surface area contributed by atoms with E-state index in [1.807, 2.05) is 0 Å². The maximum atomic E-state index is 10.2. The first-order valence-electron chi connectivity index (χ1n) is 12.1. The number of aliphatic hydroxyl groups is 3. The molecule has 0 spiro atoms. The van der Waals surface area contributed by atoms with Gasteiger partial charge in [-0.15, -0.1) is 0 Å². The lowest BCUT2D eigenvalue weighted by atomic mass is 9.61. The Morgan fingerprint density at radius 3 is 2.60 bits per heavy atom. The minimum absolute atomic E-state index is 0.250. The second-order valence-electron chi connectivity index (χ2n) is 10.7. The van der Waals surface area contributed by atoms with Crippen LogP contribution >= 0.6 is 0 Å². The Balaban J connectivity index is 1.48. The zero-order chi connectivity index (χ0) is 21.5. The maximum absolute atomic E-state index is 10.2. The lowest BCUT2D eigenvalue weighted by molar-refractivity contribution is 0.0862.